The summed E-state index contributed by atoms with van der Waals surface area (Å²) >= 11 is 0. The molecule has 2 rings (SSSR count). The van der Waals surface area contributed by atoms with Crippen LogP contribution in [0.3, 0.4) is 0 Å². The van der Waals surface area contributed by atoms with E-state index in [0.717, 1.165) is 18.5 Å². The van der Waals surface area contributed by atoms with E-state index in [-0.39, 0.29) is 5.91 Å². The van der Waals surface area contributed by atoms with Crippen molar-refractivity contribution >= 4 is 5.91 Å². The van der Waals surface area contributed by atoms with Crippen molar-refractivity contribution < 1.29 is 14.3 Å². The van der Waals surface area contributed by atoms with Gasteiger partial charge in [0.1, 0.15) is 11.5 Å². The third-order valence-corrected chi connectivity index (χ3v) is 4.65. The molecule has 1 aliphatic heterocycles. The molecule has 1 aromatic rings. The van der Waals surface area contributed by atoms with E-state index in [0.29, 0.717) is 23.6 Å². The Balaban J connectivity index is 1.83. The Morgan fingerprint density at radius 2 is 1.67 bits per heavy atom. The second-order valence-electron chi connectivity index (χ2n) is 6.37. The van der Waals surface area contributed by atoms with E-state index in [4.69, 9.17) is 9.47 Å². The number of likely N-dealkylation sites (tertiary alicyclic amines) is 1. The third-order valence-electron chi connectivity index (χ3n) is 4.65. The van der Waals surface area contributed by atoms with Gasteiger partial charge in [-0.15, -0.1) is 0 Å². The number of methoxy groups -OCH3 is 2. The number of nitrogens with zero attached hydrogens (tertiary/aromatic N) is 1. The molecule has 134 valence electrons. The molecule has 0 spiro atoms. The lowest BCUT2D eigenvalue weighted by Crippen LogP contribution is -2.30. The highest BCUT2D eigenvalue weighted by Gasteiger charge is 2.14. The van der Waals surface area contributed by atoms with Gasteiger partial charge in [-0.25, -0.2) is 0 Å². The maximum Gasteiger partial charge on any atom is 0.251 e. The predicted molar refractivity (Wildman–Crippen MR) is 96.1 cm³/mol. The monoisotopic (exact) mass is 334 g/mol. The van der Waals surface area contributed by atoms with E-state index in [9.17, 15) is 4.79 Å². The summed E-state index contributed by atoms with van der Waals surface area (Å²) in [6.45, 7) is 6.05. The molecule has 1 fully saturated rings. The number of hydrogen-bond acceptors (Lipinski definition) is 4. The predicted octanol–water partition coefficient (Wildman–Crippen LogP) is 3.01. The standard InChI is InChI=1S/C19H30N2O3/c1-15-17(23-2)13-16(14-18(15)24-3)19(22)20-9-8-12-21-10-6-4-5-7-11-21/h13-14H,4-12H2,1-3H3,(H,20,22). The molecular formula is C19H30N2O3. The zero-order valence-corrected chi connectivity index (χ0v) is 15.2. The summed E-state index contributed by atoms with van der Waals surface area (Å²) in [5, 5.41) is 3.00. The summed E-state index contributed by atoms with van der Waals surface area (Å²) < 4.78 is 10.7. The number of nitrogens with one attached hydrogen (secondary N) is 1. The molecule has 0 saturated carbocycles. The van der Waals surface area contributed by atoms with Crippen molar-refractivity contribution in [2.75, 3.05) is 40.4 Å². The van der Waals surface area contributed by atoms with Gasteiger partial charge >= 0.3 is 0 Å². The largest absolute Gasteiger partial charge is 0.496 e. The van der Waals surface area contributed by atoms with Crippen LogP contribution in [0.15, 0.2) is 12.1 Å². The number of ether oxygens (including phenoxy) is 2. The highest BCUT2D eigenvalue weighted by molar-refractivity contribution is 5.95. The number of amides is 1. The number of hydrogen-bond donors (Lipinski definition) is 1. The minimum Gasteiger partial charge on any atom is -0.496 e. The molecule has 0 atom stereocenters. The van der Waals surface area contributed by atoms with Crippen LogP contribution in [0, 0.1) is 6.92 Å². The topological polar surface area (TPSA) is 50.8 Å². The summed E-state index contributed by atoms with van der Waals surface area (Å²) in [5.41, 5.74) is 1.47. The number of carbonyl (C=O) groups is 1. The molecule has 1 saturated heterocycles. The van der Waals surface area contributed by atoms with Crippen molar-refractivity contribution in [1.29, 1.82) is 0 Å². The quantitative estimate of drug-likeness (QED) is 0.779. The average Bonchev–Trinajstić information content (AvgIpc) is 2.87. The lowest BCUT2D eigenvalue weighted by molar-refractivity contribution is 0.0951. The first-order valence-corrected chi connectivity index (χ1v) is 8.89. The molecular weight excluding hydrogens is 304 g/mol. The molecule has 0 unspecified atom stereocenters. The first-order valence-electron chi connectivity index (χ1n) is 8.89. The van der Waals surface area contributed by atoms with Gasteiger partial charge < -0.3 is 19.7 Å². The molecule has 1 N–H and O–H groups in total. The van der Waals surface area contributed by atoms with E-state index < -0.39 is 0 Å². The van der Waals surface area contributed by atoms with E-state index in [2.05, 4.69) is 10.2 Å². The molecule has 5 nitrogen and oxygen atoms in total. The Bertz CT molecular complexity index is 512. The fraction of sp³-hybridized carbons (Fsp3) is 0.632. The fourth-order valence-electron chi connectivity index (χ4n) is 3.18. The van der Waals surface area contributed by atoms with E-state index in [1.807, 2.05) is 6.92 Å². The van der Waals surface area contributed by atoms with Crippen LogP contribution in [0.4, 0.5) is 0 Å². The van der Waals surface area contributed by atoms with Gasteiger partial charge in [-0.1, -0.05) is 12.8 Å². The van der Waals surface area contributed by atoms with Crippen LogP contribution in [0.1, 0.15) is 48.0 Å². The third kappa shape index (κ3) is 5.13. The number of rotatable bonds is 7. The van der Waals surface area contributed by atoms with Gasteiger partial charge in [0.15, 0.2) is 0 Å². The Morgan fingerprint density at radius 1 is 1.08 bits per heavy atom. The van der Waals surface area contributed by atoms with Crippen LogP contribution >= 0.6 is 0 Å². The van der Waals surface area contributed by atoms with Crippen molar-refractivity contribution in [3.8, 4) is 11.5 Å². The van der Waals surface area contributed by atoms with Crippen LogP contribution in [0.2, 0.25) is 0 Å². The van der Waals surface area contributed by atoms with Gasteiger partial charge in [0.05, 0.1) is 14.2 Å². The second kappa shape index (κ2) is 9.52. The van der Waals surface area contributed by atoms with Gasteiger partial charge in [0.25, 0.3) is 5.91 Å². The molecule has 0 aliphatic carbocycles. The van der Waals surface area contributed by atoms with Crippen molar-refractivity contribution in [3.63, 3.8) is 0 Å². The molecule has 1 heterocycles. The molecule has 1 aromatic carbocycles. The zero-order valence-electron chi connectivity index (χ0n) is 15.2. The minimum absolute atomic E-state index is 0.0810. The SMILES string of the molecule is COc1cc(C(=O)NCCCN2CCCCCC2)cc(OC)c1C. The zero-order chi connectivity index (χ0) is 17.4. The normalized spacial score (nSPS) is 15.6. The van der Waals surface area contributed by atoms with Crippen LogP contribution in [-0.4, -0.2) is 51.2 Å². The Kier molecular flexibility index (Phi) is 7.37. The van der Waals surface area contributed by atoms with Gasteiger partial charge in [0, 0.05) is 17.7 Å². The van der Waals surface area contributed by atoms with Crippen molar-refractivity contribution in [2.24, 2.45) is 0 Å². The van der Waals surface area contributed by atoms with Gasteiger partial charge in [-0.2, -0.15) is 0 Å². The number of benzene rings is 1. The lowest BCUT2D eigenvalue weighted by Gasteiger charge is -2.19. The van der Waals surface area contributed by atoms with Crippen molar-refractivity contribution in [3.05, 3.63) is 23.3 Å². The Labute approximate surface area is 145 Å². The second-order valence-corrected chi connectivity index (χ2v) is 6.37. The Hall–Kier alpha value is -1.75. The van der Waals surface area contributed by atoms with Crippen LogP contribution in [0.5, 0.6) is 11.5 Å². The smallest absolute Gasteiger partial charge is 0.251 e. The summed E-state index contributed by atoms with van der Waals surface area (Å²) in [6.07, 6.45) is 6.28. The van der Waals surface area contributed by atoms with Gasteiger partial charge in [-0.05, 0) is 58.0 Å². The lowest BCUT2D eigenvalue weighted by atomic mass is 10.1. The molecule has 1 aliphatic rings. The first-order chi connectivity index (χ1) is 11.7. The number of carbonyl (C=O) groups excluding carboxylic acids is 1. The van der Waals surface area contributed by atoms with Crippen LogP contribution in [-0.2, 0) is 0 Å². The summed E-state index contributed by atoms with van der Waals surface area (Å²) in [5.74, 6) is 1.26. The molecule has 24 heavy (non-hydrogen) atoms. The minimum atomic E-state index is -0.0810. The Morgan fingerprint density at radius 3 is 2.21 bits per heavy atom. The van der Waals surface area contributed by atoms with Crippen molar-refractivity contribution in [2.45, 2.75) is 39.0 Å². The van der Waals surface area contributed by atoms with E-state index >= 15 is 0 Å². The highest BCUT2D eigenvalue weighted by atomic mass is 16.5. The fourth-order valence-corrected chi connectivity index (χ4v) is 3.18. The van der Waals surface area contributed by atoms with Gasteiger partial charge in [0.2, 0.25) is 0 Å². The molecule has 0 bridgehead atoms. The average molecular weight is 334 g/mol. The van der Waals surface area contributed by atoms with Crippen LogP contribution < -0.4 is 14.8 Å². The molecule has 0 aromatic heterocycles. The summed E-state index contributed by atoms with van der Waals surface area (Å²) in [6, 6.07) is 3.53. The maximum absolute atomic E-state index is 12.4. The molecule has 1 amide bonds. The summed E-state index contributed by atoms with van der Waals surface area (Å²) in [4.78, 5) is 14.9. The van der Waals surface area contributed by atoms with Crippen LogP contribution in [0.25, 0.3) is 0 Å². The highest BCUT2D eigenvalue weighted by Crippen LogP contribution is 2.29. The first kappa shape index (κ1) is 18.6. The maximum atomic E-state index is 12.4. The molecule has 0 radical (unpaired) electrons. The van der Waals surface area contributed by atoms with Crippen molar-refractivity contribution in [1.82, 2.24) is 10.2 Å². The van der Waals surface area contributed by atoms with E-state index in [1.165, 1.54) is 38.8 Å². The molecule has 5 heteroatoms. The van der Waals surface area contributed by atoms with E-state index in [1.54, 1.807) is 26.4 Å². The summed E-state index contributed by atoms with van der Waals surface area (Å²) in [7, 11) is 3.20. The van der Waals surface area contributed by atoms with Gasteiger partial charge in [-0.3, -0.25) is 4.79 Å².